The number of ether oxygens (including phenoxy) is 1. The standard InChI is InChI=1S/C15H18INO2/c16-13-6-4-5-12(9-13)10-17-11-15(19-14(17)18)7-2-1-3-8-15/h4-6,9H,1-3,7-8,10-11H2. The number of carbonyl (C=O) groups is 1. The topological polar surface area (TPSA) is 29.5 Å². The Morgan fingerprint density at radius 2 is 2.05 bits per heavy atom. The van der Waals surface area contributed by atoms with E-state index in [1.165, 1.54) is 28.4 Å². The van der Waals surface area contributed by atoms with Gasteiger partial charge in [0.15, 0.2) is 0 Å². The average molecular weight is 371 g/mol. The van der Waals surface area contributed by atoms with Gasteiger partial charge in [-0.15, -0.1) is 0 Å². The first-order valence-electron chi connectivity index (χ1n) is 6.89. The van der Waals surface area contributed by atoms with Gasteiger partial charge in [-0.05, 0) is 66.0 Å². The molecule has 0 N–H and O–H groups in total. The minimum atomic E-state index is -0.183. The third kappa shape index (κ3) is 2.88. The van der Waals surface area contributed by atoms with Crippen molar-refractivity contribution in [1.29, 1.82) is 0 Å². The van der Waals surface area contributed by atoms with E-state index in [-0.39, 0.29) is 11.7 Å². The summed E-state index contributed by atoms with van der Waals surface area (Å²) >= 11 is 2.30. The van der Waals surface area contributed by atoms with Crippen LogP contribution in [0.2, 0.25) is 0 Å². The largest absolute Gasteiger partial charge is 0.441 e. The molecule has 1 saturated carbocycles. The number of nitrogens with zero attached hydrogens (tertiary/aromatic N) is 1. The lowest BCUT2D eigenvalue weighted by atomic mass is 9.85. The van der Waals surface area contributed by atoms with Gasteiger partial charge in [0, 0.05) is 10.1 Å². The first kappa shape index (κ1) is 13.2. The number of carbonyl (C=O) groups excluding carboxylic acids is 1. The summed E-state index contributed by atoms with van der Waals surface area (Å²) in [5.74, 6) is 0. The van der Waals surface area contributed by atoms with Crippen LogP contribution in [0.3, 0.4) is 0 Å². The van der Waals surface area contributed by atoms with E-state index >= 15 is 0 Å². The number of hydrogen-bond donors (Lipinski definition) is 0. The molecule has 1 amide bonds. The van der Waals surface area contributed by atoms with Gasteiger partial charge in [-0.2, -0.15) is 0 Å². The molecule has 0 bridgehead atoms. The maximum absolute atomic E-state index is 12.0. The van der Waals surface area contributed by atoms with Crippen LogP contribution in [0.4, 0.5) is 4.79 Å². The molecule has 1 aromatic rings. The second-order valence-corrected chi connectivity index (χ2v) is 6.84. The van der Waals surface area contributed by atoms with Crippen LogP contribution >= 0.6 is 22.6 Å². The third-order valence-electron chi connectivity index (χ3n) is 4.07. The quantitative estimate of drug-likeness (QED) is 0.737. The molecule has 0 radical (unpaired) electrons. The Bertz CT molecular complexity index is 483. The van der Waals surface area contributed by atoms with Crippen molar-refractivity contribution in [3.05, 3.63) is 33.4 Å². The molecule has 2 fully saturated rings. The van der Waals surface area contributed by atoms with Crippen molar-refractivity contribution in [3.8, 4) is 0 Å². The Balaban J connectivity index is 1.70. The van der Waals surface area contributed by atoms with E-state index < -0.39 is 0 Å². The van der Waals surface area contributed by atoms with Gasteiger partial charge >= 0.3 is 6.09 Å². The highest BCUT2D eigenvalue weighted by Gasteiger charge is 2.45. The van der Waals surface area contributed by atoms with E-state index in [0.29, 0.717) is 6.54 Å². The van der Waals surface area contributed by atoms with Crippen molar-refractivity contribution in [3.63, 3.8) is 0 Å². The number of amides is 1. The number of halogens is 1. The number of benzene rings is 1. The first-order chi connectivity index (χ1) is 9.17. The molecule has 19 heavy (non-hydrogen) atoms. The molecule has 0 atom stereocenters. The maximum atomic E-state index is 12.0. The van der Waals surface area contributed by atoms with E-state index in [9.17, 15) is 4.79 Å². The fourth-order valence-electron chi connectivity index (χ4n) is 3.13. The lowest BCUT2D eigenvalue weighted by molar-refractivity contribution is 0.0260. The van der Waals surface area contributed by atoms with Crippen LogP contribution in [0.5, 0.6) is 0 Å². The molecule has 2 aliphatic rings. The molecule has 1 spiro atoms. The maximum Gasteiger partial charge on any atom is 0.410 e. The molecule has 4 heteroatoms. The molecule has 0 unspecified atom stereocenters. The highest BCUT2D eigenvalue weighted by Crippen LogP contribution is 2.37. The van der Waals surface area contributed by atoms with E-state index in [1.807, 2.05) is 11.0 Å². The summed E-state index contributed by atoms with van der Waals surface area (Å²) in [7, 11) is 0. The van der Waals surface area contributed by atoms with Crippen LogP contribution in [0.1, 0.15) is 37.7 Å². The van der Waals surface area contributed by atoms with Gasteiger partial charge in [-0.3, -0.25) is 4.90 Å². The minimum Gasteiger partial charge on any atom is -0.441 e. The predicted octanol–water partition coefficient (Wildman–Crippen LogP) is 3.95. The van der Waals surface area contributed by atoms with Crippen molar-refractivity contribution in [2.75, 3.05) is 6.54 Å². The zero-order chi connectivity index (χ0) is 13.3. The molecule has 1 aliphatic carbocycles. The fraction of sp³-hybridized carbons (Fsp3) is 0.533. The highest BCUT2D eigenvalue weighted by molar-refractivity contribution is 14.1. The Hall–Kier alpha value is -0.780. The molecular weight excluding hydrogens is 353 g/mol. The predicted molar refractivity (Wildman–Crippen MR) is 81.9 cm³/mol. The zero-order valence-corrected chi connectivity index (χ0v) is 13.1. The monoisotopic (exact) mass is 371 g/mol. The Labute approximate surface area is 127 Å². The summed E-state index contributed by atoms with van der Waals surface area (Å²) in [5, 5.41) is 0. The van der Waals surface area contributed by atoms with Gasteiger partial charge in [0.25, 0.3) is 0 Å². The van der Waals surface area contributed by atoms with Gasteiger partial charge in [-0.1, -0.05) is 18.6 Å². The van der Waals surface area contributed by atoms with Crippen LogP contribution in [0.25, 0.3) is 0 Å². The summed E-state index contributed by atoms with van der Waals surface area (Å²) in [6.07, 6.45) is 5.56. The zero-order valence-electron chi connectivity index (χ0n) is 10.9. The van der Waals surface area contributed by atoms with Crippen LogP contribution in [-0.4, -0.2) is 23.1 Å². The van der Waals surface area contributed by atoms with Gasteiger partial charge in [0.05, 0.1) is 6.54 Å². The average Bonchev–Trinajstić information content (AvgIpc) is 2.66. The lowest BCUT2D eigenvalue weighted by Gasteiger charge is -2.30. The van der Waals surface area contributed by atoms with Crippen molar-refractivity contribution < 1.29 is 9.53 Å². The fourth-order valence-corrected chi connectivity index (χ4v) is 3.73. The van der Waals surface area contributed by atoms with E-state index in [0.717, 1.165) is 19.4 Å². The van der Waals surface area contributed by atoms with Gasteiger partial charge < -0.3 is 4.74 Å². The first-order valence-corrected chi connectivity index (χ1v) is 7.97. The second kappa shape index (κ2) is 5.31. The second-order valence-electron chi connectivity index (χ2n) is 5.60. The molecular formula is C15H18INO2. The smallest absolute Gasteiger partial charge is 0.410 e. The lowest BCUT2D eigenvalue weighted by Crippen LogP contribution is -2.36. The Morgan fingerprint density at radius 1 is 1.26 bits per heavy atom. The number of rotatable bonds is 2. The van der Waals surface area contributed by atoms with Gasteiger partial charge in [0.1, 0.15) is 5.60 Å². The minimum absolute atomic E-state index is 0.138. The van der Waals surface area contributed by atoms with Crippen LogP contribution < -0.4 is 0 Å². The molecule has 1 aromatic carbocycles. The summed E-state index contributed by atoms with van der Waals surface area (Å²) in [4.78, 5) is 13.9. The molecule has 1 heterocycles. The van der Waals surface area contributed by atoms with Crippen molar-refractivity contribution >= 4 is 28.7 Å². The molecule has 102 valence electrons. The molecule has 1 aliphatic heterocycles. The van der Waals surface area contributed by atoms with Crippen LogP contribution in [0, 0.1) is 3.57 Å². The Morgan fingerprint density at radius 3 is 2.79 bits per heavy atom. The van der Waals surface area contributed by atoms with E-state index in [2.05, 4.69) is 40.8 Å². The Kier molecular flexibility index (Phi) is 3.69. The van der Waals surface area contributed by atoms with Crippen molar-refractivity contribution in [2.24, 2.45) is 0 Å². The molecule has 1 saturated heterocycles. The summed E-state index contributed by atoms with van der Waals surface area (Å²) in [5.41, 5.74) is 0.994. The molecule has 3 rings (SSSR count). The highest BCUT2D eigenvalue weighted by atomic mass is 127. The third-order valence-corrected chi connectivity index (χ3v) is 4.74. The van der Waals surface area contributed by atoms with Gasteiger partial charge in [0.2, 0.25) is 0 Å². The van der Waals surface area contributed by atoms with Crippen LogP contribution in [-0.2, 0) is 11.3 Å². The van der Waals surface area contributed by atoms with E-state index in [1.54, 1.807) is 0 Å². The summed E-state index contributed by atoms with van der Waals surface area (Å²) in [6, 6.07) is 8.30. The van der Waals surface area contributed by atoms with Gasteiger partial charge in [-0.25, -0.2) is 4.79 Å². The van der Waals surface area contributed by atoms with Crippen LogP contribution in [0.15, 0.2) is 24.3 Å². The SMILES string of the molecule is O=C1OC2(CCCCC2)CN1Cc1cccc(I)c1. The summed E-state index contributed by atoms with van der Waals surface area (Å²) < 4.78 is 6.89. The normalized spacial score (nSPS) is 21.7. The number of hydrogen-bond acceptors (Lipinski definition) is 2. The molecule has 0 aromatic heterocycles. The molecule has 3 nitrogen and oxygen atoms in total. The van der Waals surface area contributed by atoms with Crippen molar-refractivity contribution in [1.82, 2.24) is 4.90 Å². The van der Waals surface area contributed by atoms with E-state index in [4.69, 9.17) is 4.74 Å². The van der Waals surface area contributed by atoms with Crippen molar-refractivity contribution in [2.45, 2.75) is 44.2 Å². The summed E-state index contributed by atoms with van der Waals surface area (Å²) in [6.45, 7) is 1.43.